The van der Waals surface area contributed by atoms with E-state index in [1.807, 2.05) is 65.4 Å². The first-order valence-corrected chi connectivity index (χ1v) is 9.88. The van der Waals surface area contributed by atoms with Crippen molar-refractivity contribution in [3.8, 4) is 22.6 Å². The van der Waals surface area contributed by atoms with Crippen molar-refractivity contribution in [2.45, 2.75) is 6.23 Å². The number of anilines is 1. The van der Waals surface area contributed by atoms with E-state index in [4.69, 9.17) is 9.47 Å². The van der Waals surface area contributed by atoms with Gasteiger partial charge in [-0.05, 0) is 29.8 Å². The maximum Gasteiger partial charge on any atom is 0.177 e. The molecule has 3 heterocycles. The van der Waals surface area contributed by atoms with E-state index in [1.54, 1.807) is 0 Å². The average Bonchev–Trinajstić information content (AvgIpc) is 3.15. The molecule has 1 aromatic heterocycles. The molecule has 1 saturated heterocycles. The molecule has 1 unspecified atom stereocenters. The largest absolute Gasteiger partial charge is 0.493 e. The zero-order valence-corrected chi connectivity index (χ0v) is 16.4. The molecular formula is C23H23N3O4. The summed E-state index contributed by atoms with van der Waals surface area (Å²) in [5, 5.41) is 23.2. The highest BCUT2D eigenvalue weighted by Gasteiger charge is 2.39. The summed E-state index contributed by atoms with van der Waals surface area (Å²) in [6.45, 7) is 1.51. The fourth-order valence-electron chi connectivity index (χ4n) is 3.77. The van der Waals surface area contributed by atoms with Gasteiger partial charge in [-0.15, -0.1) is 0 Å². The number of nitrogens with one attached hydrogen (secondary N) is 1. The summed E-state index contributed by atoms with van der Waals surface area (Å²) in [5.41, 5.74) is 3.29. The molecule has 3 aromatic rings. The third-order valence-corrected chi connectivity index (χ3v) is 5.62. The summed E-state index contributed by atoms with van der Waals surface area (Å²) in [7, 11) is 0. The van der Waals surface area contributed by atoms with E-state index in [0.717, 1.165) is 33.9 Å². The molecule has 0 radical (unpaired) electrons. The monoisotopic (exact) mass is 405 g/mol. The van der Waals surface area contributed by atoms with Crippen LogP contribution in [-0.2, 0) is 4.74 Å². The van der Waals surface area contributed by atoms with Gasteiger partial charge in [0.05, 0.1) is 37.1 Å². The second-order valence-corrected chi connectivity index (χ2v) is 7.77. The molecule has 7 heteroatoms. The van der Waals surface area contributed by atoms with E-state index in [1.165, 1.54) is 6.34 Å². The van der Waals surface area contributed by atoms with E-state index in [2.05, 4.69) is 10.3 Å². The van der Waals surface area contributed by atoms with Crippen LogP contribution in [0.1, 0.15) is 11.8 Å². The first-order chi connectivity index (χ1) is 14.7. The first kappa shape index (κ1) is 18.9. The fourth-order valence-corrected chi connectivity index (χ4v) is 3.77. The molecule has 7 nitrogen and oxygen atoms in total. The predicted octanol–water partition coefficient (Wildman–Crippen LogP) is 2.98. The number of nitrogens with zero attached hydrogens (tertiary/aromatic N) is 2. The molecule has 154 valence electrons. The van der Waals surface area contributed by atoms with Crippen LogP contribution in [0.4, 0.5) is 5.82 Å². The van der Waals surface area contributed by atoms with Crippen LogP contribution in [0, 0.1) is 5.41 Å². The number of para-hydroxylation sites is 1. The van der Waals surface area contributed by atoms with Crippen molar-refractivity contribution in [2.24, 2.45) is 10.4 Å². The number of ether oxygens (including phenoxy) is 2. The van der Waals surface area contributed by atoms with Crippen LogP contribution in [0.3, 0.4) is 0 Å². The normalized spacial score (nSPS) is 18.9. The van der Waals surface area contributed by atoms with Crippen LogP contribution < -0.4 is 10.1 Å². The Kier molecular flexibility index (Phi) is 4.78. The predicted molar refractivity (Wildman–Crippen MR) is 114 cm³/mol. The van der Waals surface area contributed by atoms with E-state index in [-0.39, 0.29) is 12.0 Å². The summed E-state index contributed by atoms with van der Waals surface area (Å²) in [5.74, 6) is 1.53. The van der Waals surface area contributed by atoms with Crippen molar-refractivity contribution in [1.29, 1.82) is 0 Å². The molecule has 0 aliphatic carbocycles. The third kappa shape index (κ3) is 3.27. The molecular weight excluding hydrogens is 382 g/mol. The van der Waals surface area contributed by atoms with Gasteiger partial charge in [0, 0.05) is 17.4 Å². The van der Waals surface area contributed by atoms with E-state index >= 15 is 0 Å². The van der Waals surface area contributed by atoms with Gasteiger partial charge in [-0.2, -0.15) is 0 Å². The smallest absolute Gasteiger partial charge is 0.177 e. The molecule has 2 aliphatic rings. The van der Waals surface area contributed by atoms with Crippen LogP contribution in [-0.4, -0.2) is 47.5 Å². The third-order valence-electron chi connectivity index (χ3n) is 5.62. The van der Waals surface area contributed by atoms with Gasteiger partial charge in [0.1, 0.15) is 18.2 Å². The Morgan fingerprint density at radius 2 is 1.90 bits per heavy atom. The average molecular weight is 405 g/mol. The van der Waals surface area contributed by atoms with Crippen LogP contribution in [0.5, 0.6) is 5.75 Å². The van der Waals surface area contributed by atoms with Gasteiger partial charge in [0.25, 0.3) is 0 Å². The van der Waals surface area contributed by atoms with E-state index in [9.17, 15) is 10.2 Å². The number of hydrogen-bond acceptors (Lipinski definition) is 6. The molecule has 0 spiro atoms. The molecule has 30 heavy (non-hydrogen) atoms. The first-order valence-electron chi connectivity index (χ1n) is 9.88. The highest BCUT2D eigenvalue weighted by atomic mass is 16.5. The van der Waals surface area contributed by atoms with Gasteiger partial charge in [0.2, 0.25) is 0 Å². The number of aromatic nitrogens is 1. The lowest BCUT2D eigenvalue weighted by molar-refractivity contribution is -0.153. The second-order valence-electron chi connectivity index (χ2n) is 7.77. The Hall–Kier alpha value is -3.13. The van der Waals surface area contributed by atoms with Gasteiger partial charge in [-0.1, -0.05) is 30.3 Å². The molecule has 0 bridgehead atoms. The number of fused-ring (bicyclic) bond motifs is 1. The quantitative estimate of drug-likeness (QED) is 0.587. The number of rotatable bonds is 6. The summed E-state index contributed by atoms with van der Waals surface area (Å²) >= 11 is 0. The van der Waals surface area contributed by atoms with Crippen molar-refractivity contribution < 1.29 is 19.7 Å². The number of hydrogen-bond donors (Lipinski definition) is 3. The Morgan fingerprint density at radius 3 is 2.57 bits per heavy atom. The van der Waals surface area contributed by atoms with Crippen LogP contribution >= 0.6 is 0 Å². The number of aliphatic hydroxyl groups excluding tert-OH is 2. The van der Waals surface area contributed by atoms with Crippen molar-refractivity contribution in [3.63, 3.8) is 0 Å². The lowest BCUT2D eigenvalue weighted by Crippen LogP contribution is -2.49. The van der Waals surface area contributed by atoms with Crippen molar-refractivity contribution >= 4 is 12.2 Å². The highest BCUT2D eigenvalue weighted by molar-refractivity contribution is 5.86. The Balaban J connectivity index is 1.45. The maximum absolute atomic E-state index is 10.5. The van der Waals surface area contributed by atoms with Gasteiger partial charge in [0.15, 0.2) is 6.23 Å². The van der Waals surface area contributed by atoms with Crippen molar-refractivity contribution in [1.82, 2.24) is 4.57 Å². The van der Waals surface area contributed by atoms with Crippen LogP contribution in [0.2, 0.25) is 0 Å². The molecule has 3 N–H and O–H groups in total. The second kappa shape index (κ2) is 7.60. The van der Waals surface area contributed by atoms with Crippen LogP contribution in [0.25, 0.3) is 16.8 Å². The Labute approximate surface area is 174 Å². The molecule has 1 fully saturated rings. The molecule has 1 atom stereocenters. The van der Waals surface area contributed by atoms with Gasteiger partial charge in [-0.3, -0.25) is 0 Å². The summed E-state index contributed by atoms with van der Waals surface area (Å²) in [4.78, 5) is 4.11. The minimum absolute atomic E-state index is 0.0512. The Bertz CT molecular complexity index is 1050. The molecule has 2 aromatic carbocycles. The summed E-state index contributed by atoms with van der Waals surface area (Å²) < 4.78 is 13.1. The standard InChI is InChI=1S/C23H23N3O4/c27-11-23(12-29-13-23)14-30-18-8-6-16(7-9-18)19-10-26(17-4-2-1-3-5-17)21-20(19)22(28)25-15-24-21/h1-10,15,22,27-28H,11-14H2,(H,24,25). The molecule has 0 saturated carbocycles. The molecule has 0 amide bonds. The zero-order valence-electron chi connectivity index (χ0n) is 16.4. The number of aliphatic imine (C=N–C) groups is 1. The van der Waals surface area contributed by atoms with Crippen molar-refractivity contribution in [3.05, 3.63) is 66.4 Å². The number of aliphatic hydroxyl groups is 2. The molecule has 5 rings (SSSR count). The Morgan fingerprint density at radius 1 is 1.13 bits per heavy atom. The van der Waals surface area contributed by atoms with Gasteiger partial charge in [-0.25, -0.2) is 4.99 Å². The SMILES string of the molecule is OCC1(COc2ccc(-c3cn(-c4ccccc4)c4c3C(O)N=CN4)cc2)COC1. The maximum atomic E-state index is 10.5. The van der Waals surface area contributed by atoms with E-state index in [0.29, 0.717) is 19.8 Å². The number of benzene rings is 2. The minimum Gasteiger partial charge on any atom is -0.493 e. The lowest BCUT2D eigenvalue weighted by Gasteiger charge is -2.39. The topological polar surface area (TPSA) is 88.2 Å². The van der Waals surface area contributed by atoms with E-state index < -0.39 is 6.23 Å². The van der Waals surface area contributed by atoms with Crippen LogP contribution in [0.15, 0.2) is 65.8 Å². The van der Waals surface area contributed by atoms with Gasteiger partial charge < -0.3 is 29.6 Å². The summed E-state index contributed by atoms with van der Waals surface area (Å²) in [6, 6.07) is 17.7. The fraction of sp³-hybridized carbons (Fsp3) is 0.261. The lowest BCUT2D eigenvalue weighted by atomic mass is 9.88. The highest BCUT2D eigenvalue weighted by Crippen LogP contribution is 2.40. The molecule has 2 aliphatic heterocycles. The summed E-state index contributed by atoms with van der Waals surface area (Å²) in [6.07, 6.45) is 2.60. The zero-order chi connectivity index (χ0) is 20.6. The minimum atomic E-state index is -0.930. The van der Waals surface area contributed by atoms with Gasteiger partial charge >= 0.3 is 0 Å². The van der Waals surface area contributed by atoms with Crippen molar-refractivity contribution in [2.75, 3.05) is 31.7 Å².